The second-order valence-corrected chi connectivity index (χ2v) is 5.61. The Bertz CT molecular complexity index is 432. The van der Waals surface area contributed by atoms with E-state index < -0.39 is 0 Å². The van der Waals surface area contributed by atoms with Crippen LogP contribution in [0.25, 0.3) is 0 Å². The molecule has 4 nitrogen and oxygen atoms in total. The summed E-state index contributed by atoms with van der Waals surface area (Å²) in [6.45, 7) is 7.03. The highest BCUT2D eigenvalue weighted by molar-refractivity contribution is 5.43. The Morgan fingerprint density at radius 2 is 1.86 bits per heavy atom. The maximum absolute atomic E-state index is 10.1. The van der Waals surface area contributed by atoms with Gasteiger partial charge >= 0.3 is 0 Å². The Morgan fingerprint density at radius 3 is 2.57 bits per heavy atom. The molecule has 0 saturated carbocycles. The van der Waals surface area contributed by atoms with Gasteiger partial charge in [0.05, 0.1) is 19.3 Å². The van der Waals surface area contributed by atoms with Gasteiger partial charge in [0.1, 0.15) is 0 Å². The quantitative estimate of drug-likeness (QED) is 0.811. The highest BCUT2D eigenvalue weighted by atomic mass is 16.5. The lowest BCUT2D eigenvalue weighted by Gasteiger charge is -2.20. The summed E-state index contributed by atoms with van der Waals surface area (Å²) in [6.07, 6.45) is 2.68. The van der Waals surface area contributed by atoms with Crippen molar-refractivity contribution in [1.29, 1.82) is 0 Å². The molecule has 0 bridgehead atoms. The highest BCUT2D eigenvalue weighted by Gasteiger charge is 2.15. The third kappa shape index (κ3) is 4.61. The first-order chi connectivity index (χ1) is 10.2. The Hall–Kier alpha value is -1.26. The van der Waals surface area contributed by atoms with Crippen molar-refractivity contribution in [2.45, 2.75) is 45.8 Å². The van der Waals surface area contributed by atoms with Crippen LogP contribution in [0.5, 0.6) is 11.5 Å². The number of aliphatic hydroxyl groups is 1. The molecule has 1 atom stereocenters. The van der Waals surface area contributed by atoms with Crippen molar-refractivity contribution >= 4 is 0 Å². The Kier molecular flexibility index (Phi) is 6.33. The predicted molar refractivity (Wildman–Crippen MR) is 83.8 cm³/mol. The van der Waals surface area contributed by atoms with E-state index in [2.05, 4.69) is 19.2 Å². The topological polar surface area (TPSA) is 50.7 Å². The van der Waals surface area contributed by atoms with Crippen LogP contribution in [-0.2, 0) is 6.54 Å². The van der Waals surface area contributed by atoms with Crippen LogP contribution in [0.3, 0.4) is 0 Å². The molecule has 0 amide bonds. The first kappa shape index (κ1) is 16.1. The van der Waals surface area contributed by atoms with Crippen LogP contribution in [0.1, 0.15) is 38.7 Å². The molecule has 118 valence electrons. The summed E-state index contributed by atoms with van der Waals surface area (Å²) in [5.41, 5.74) is 1.15. The number of aliphatic hydroxyl groups excluding tert-OH is 1. The van der Waals surface area contributed by atoms with Gasteiger partial charge in [-0.15, -0.1) is 0 Å². The van der Waals surface area contributed by atoms with Crippen molar-refractivity contribution < 1.29 is 14.6 Å². The molecule has 2 N–H and O–H groups in total. The van der Waals surface area contributed by atoms with Gasteiger partial charge in [-0.2, -0.15) is 0 Å². The average molecular weight is 293 g/mol. The number of rotatable bonds is 7. The average Bonchev–Trinajstić information content (AvgIpc) is 2.73. The summed E-state index contributed by atoms with van der Waals surface area (Å²) in [5.74, 6) is 2.03. The van der Waals surface area contributed by atoms with Gasteiger partial charge < -0.3 is 19.9 Å². The van der Waals surface area contributed by atoms with Gasteiger partial charge in [-0.05, 0) is 23.6 Å². The predicted octanol–water partition coefficient (Wildman–Crippen LogP) is 2.73. The summed E-state index contributed by atoms with van der Waals surface area (Å²) < 4.78 is 11.3. The zero-order chi connectivity index (χ0) is 15.1. The lowest BCUT2D eigenvalue weighted by molar-refractivity contribution is 0.101. The lowest BCUT2D eigenvalue weighted by atomic mass is 9.96. The van der Waals surface area contributed by atoms with Crippen molar-refractivity contribution in [3.05, 3.63) is 23.8 Å². The zero-order valence-electron chi connectivity index (χ0n) is 13.1. The summed E-state index contributed by atoms with van der Waals surface area (Å²) in [7, 11) is 0. The van der Waals surface area contributed by atoms with Gasteiger partial charge in [0.25, 0.3) is 0 Å². The smallest absolute Gasteiger partial charge is 0.161 e. The fourth-order valence-corrected chi connectivity index (χ4v) is 2.68. The molecule has 0 spiro atoms. The molecule has 0 radical (unpaired) electrons. The molecule has 2 rings (SSSR count). The van der Waals surface area contributed by atoms with Crippen molar-refractivity contribution in [2.24, 2.45) is 5.92 Å². The molecular weight excluding hydrogens is 266 g/mol. The monoisotopic (exact) mass is 293 g/mol. The SMILES string of the molecule is CCC(CC)C(O)CNCc1ccc2c(c1)OCCCO2. The molecule has 1 aromatic rings. The molecule has 1 aliphatic heterocycles. The van der Waals surface area contributed by atoms with Crippen LogP contribution < -0.4 is 14.8 Å². The van der Waals surface area contributed by atoms with Crippen LogP contribution in [0.15, 0.2) is 18.2 Å². The number of hydrogen-bond acceptors (Lipinski definition) is 4. The molecule has 1 aromatic carbocycles. The van der Waals surface area contributed by atoms with Crippen molar-refractivity contribution in [3.63, 3.8) is 0 Å². The van der Waals surface area contributed by atoms with Gasteiger partial charge in [0.15, 0.2) is 11.5 Å². The van der Waals surface area contributed by atoms with Crippen molar-refractivity contribution in [1.82, 2.24) is 5.32 Å². The van der Waals surface area contributed by atoms with E-state index in [1.165, 1.54) is 0 Å². The summed E-state index contributed by atoms with van der Waals surface area (Å²) in [5, 5.41) is 13.4. The van der Waals surface area contributed by atoms with E-state index in [1.54, 1.807) is 0 Å². The highest BCUT2D eigenvalue weighted by Crippen LogP contribution is 2.30. The first-order valence-corrected chi connectivity index (χ1v) is 8.01. The minimum Gasteiger partial charge on any atom is -0.490 e. The molecule has 1 heterocycles. The minimum atomic E-state index is -0.277. The van der Waals surface area contributed by atoms with E-state index in [-0.39, 0.29) is 6.10 Å². The molecule has 0 fully saturated rings. The second-order valence-electron chi connectivity index (χ2n) is 5.61. The van der Waals surface area contributed by atoms with Crippen LogP contribution in [0.2, 0.25) is 0 Å². The van der Waals surface area contributed by atoms with E-state index >= 15 is 0 Å². The number of hydrogen-bond donors (Lipinski definition) is 2. The van der Waals surface area contributed by atoms with Gasteiger partial charge in [-0.1, -0.05) is 32.8 Å². The minimum absolute atomic E-state index is 0.277. The van der Waals surface area contributed by atoms with Gasteiger partial charge in [-0.25, -0.2) is 0 Å². The summed E-state index contributed by atoms with van der Waals surface area (Å²) in [6, 6.07) is 6.04. The van der Waals surface area contributed by atoms with E-state index in [9.17, 15) is 5.11 Å². The van der Waals surface area contributed by atoms with Crippen molar-refractivity contribution in [2.75, 3.05) is 19.8 Å². The van der Waals surface area contributed by atoms with Crippen LogP contribution in [0.4, 0.5) is 0 Å². The molecule has 1 unspecified atom stereocenters. The maximum atomic E-state index is 10.1. The van der Waals surface area contributed by atoms with Gasteiger partial charge in [-0.3, -0.25) is 0 Å². The van der Waals surface area contributed by atoms with E-state index in [4.69, 9.17) is 9.47 Å². The number of fused-ring (bicyclic) bond motifs is 1. The maximum Gasteiger partial charge on any atom is 0.161 e. The molecule has 0 aromatic heterocycles. The summed E-state index contributed by atoms with van der Waals surface area (Å²) in [4.78, 5) is 0. The van der Waals surface area contributed by atoms with Gasteiger partial charge in [0, 0.05) is 19.5 Å². The third-order valence-corrected chi connectivity index (χ3v) is 4.09. The summed E-state index contributed by atoms with van der Waals surface area (Å²) >= 11 is 0. The van der Waals surface area contributed by atoms with E-state index in [1.807, 2.05) is 18.2 Å². The normalized spacial score (nSPS) is 15.8. The number of nitrogens with one attached hydrogen (secondary N) is 1. The van der Waals surface area contributed by atoms with Crippen LogP contribution in [0, 0.1) is 5.92 Å². The largest absolute Gasteiger partial charge is 0.490 e. The Labute approximate surface area is 127 Å². The molecule has 4 heteroatoms. The Balaban J connectivity index is 1.85. The molecule has 21 heavy (non-hydrogen) atoms. The van der Waals surface area contributed by atoms with Gasteiger partial charge in [0.2, 0.25) is 0 Å². The number of benzene rings is 1. The molecular formula is C17H27NO3. The zero-order valence-corrected chi connectivity index (χ0v) is 13.1. The van der Waals surface area contributed by atoms with E-state index in [0.717, 1.165) is 42.9 Å². The third-order valence-electron chi connectivity index (χ3n) is 4.09. The fourth-order valence-electron chi connectivity index (χ4n) is 2.68. The second kappa shape index (κ2) is 8.25. The van der Waals surface area contributed by atoms with Crippen LogP contribution >= 0.6 is 0 Å². The Morgan fingerprint density at radius 1 is 1.14 bits per heavy atom. The van der Waals surface area contributed by atoms with E-state index in [0.29, 0.717) is 25.7 Å². The molecule has 0 aliphatic carbocycles. The number of ether oxygens (including phenoxy) is 2. The molecule has 1 aliphatic rings. The van der Waals surface area contributed by atoms with Crippen LogP contribution in [-0.4, -0.2) is 31.0 Å². The fraction of sp³-hybridized carbons (Fsp3) is 0.647. The molecule has 0 saturated heterocycles. The lowest BCUT2D eigenvalue weighted by Crippen LogP contribution is -2.32. The standard InChI is InChI=1S/C17H27NO3/c1-3-14(4-2)15(19)12-18-11-13-6-7-16-17(10-13)21-9-5-8-20-16/h6-7,10,14-15,18-19H,3-5,8-9,11-12H2,1-2H3. The first-order valence-electron chi connectivity index (χ1n) is 8.01. The van der Waals surface area contributed by atoms with Crippen molar-refractivity contribution in [3.8, 4) is 11.5 Å².